The summed E-state index contributed by atoms with van der Waals surface area (Å²) in [6.07, 6.45) is 1.32. The fourth-order valence-corrected chi connectivity index (χ4v) is 2.98. The minimum absolute atomic E-state index is 0.119. The van der Waals surface area contributed by atoms with Gasteiger partial charge in [-0.25, -0.2) is 13.1 Å². The third-order valence-corrected chi connectivity index (χ3v) is 4.01. The lowest BCUT2D eigenvalue weighted by Gasteiger charge is -2.08. The molecule has 0 aromatic heterocycles. The molecule has 0 bridgehead atoms. The summed E-state index contributed by atoms with van der Waals surface area (Å²) >= 11 is 1.51. The maximum Gasteiger partial charge on any atom is 0.264 e. The number of fused-ring (bicyclic) bond motifs is 1. The molecule has 0 atom stereocenters. The van der Waals surface area contributed by atoms with E-state index in [4.69, 9.17) is 0 Å². The van der Waals surface area contributed by atoms with Crippen LogP contribution in [-0.4, -0.2) is 32.2 Å². The third kappa shape index (κ3) is 3.71. The summed E-state index contributed by atoms with van der Waals surface area (Å²) in [6.45, 7) is 0. The fraction of sp³-hybridized carbons (Fsp3) is 0.273. The number of hydrogen-bond donors (Lipinski definition) is 2. The molecule has 1 aromatic rings. The summed E-state index contributed by atoms with van der Waals surface area (Å²) < 4.78 is 23.9. The maximum atomic E-state index is 11.7. The predicted octanol–water partition coefficient (Wildman–Crippen LogP) is 0.810. The molecule has 1 aromatic carbocycles. The Morgan fingerprint density at radius 3 is 2.84 bits per heavy atom. The van der Waals surface area contributed by atoms with Gasteiger partial charge in [0.05, 0.1) is 11.9 Å². The average molecular weight is 300 g/mol. The molecule has 6 nitrogen and oxygen atoms in total. The Labute approximate surface area is 115 Å². The van der Waals surface area contributed by atoms with Crippen molar-refractivity contribution >= 4 is 39.3 Å². The van der Waals surface area contributed by atoms with Gasteiger partial charge < -0.3 is 5.32 Å². The monoisotopic (exact) mass is 300 g/mol. The second kappa shape index (κ2) is 5.22. The van der Waals surface area contributed by atoms with Crippen LogP contribution in [0.3, 0.4) is 0 Å². The molecule has 2 rings (SSSR count). The average Bonchev–Trinajstić information content (AvgIpc) is 2.46. The summed E-state index contributed by atoms with van der Waals surface area (Å²) in [5.74, 6) is -0.158. The van der Waals surface area contributed by atoms with Crippen LogP contribution < -0.4 is 10.0 Å². The number of amides is 2. The fourth-order valence-electron chi connectivity index (χ4n) is 1.59. The van der Waals surface area contributed by atoms with Gasteiger partial charge in [0.15, 0.2) is 0 Å². The molecule has 1 heterocycles. The highest BCUT2D eigenvalue weighted by molar-refractivity contribution is 7.99. The Kier molecular flexibility index (Phi) is 3.81. The number of carbonyl (C=O) groups excluding carboxylic acids is 2. The van der Waals surface area contributed by atoms with Gasteiger partial charge in [0.1, 0.15) is 0 Å². The van der Waals surface area contributed by atoms with Gasteiger partial charge in [-0.3, -0.25) is 9.59 Å². The number of sulfonamides is 1. The SMILES string of the molecule is CS(=O)(=O)NC(=O)c1ccc2c(c1)NC(=O)CCS2. The number of thioether (sulfide) groups is 1. The molecule has 1 aliphatic heterocycles. The summed E-state index contributed by atoms with van der Waals surface area (Å²) in [7, 11) is -3.60. The van der Waals surface area contributed by atoms with Gasteiger partial charge in [0.25, 0.3) is 5.91 Å². The van der Waals surface area contributed by atoms with Crippen molar-refractivity contribution in [1.82, 2.24) is 4.72 Å². The molecular formula is C11H12N2O4S2. The Bertz CT molecular complexity index is 640. The zero-order valence-corrected chi connectivity index (χ0v) is 11.7. The van der Waals surface area contributed by atoms with Crippen molar-refractivity contribution < 1.29 is 18.0 Å². The van der Waals surface area contributed by atoms with Crippen molar-refractivity contribution in [3.05, 3.63) is 23.8 Å². The number of carbonyl (C=O) groups is 2. The van der Waals surface area contributed by atoms with E-state index in [1.165, 1.54) is 23.9 Å². The highest BCUT2D eigenvalue weighted by Crippen LogP contribution is 2.31. The highest BCUT2D eigenvalue weighted by atomic mass is 32.2. The quantitative estimate of drug-likeness (QED) is 0.843. The van der Waals surface area contributed by atoms with Gasteiger partial charge in [-0.05, 0) is 18.2 Å². The Hall–Kier alpha value is -1.54. The van der Waals surface area contributed by atoms with Crippen LogP contribution in [0.1, 0.15) is 16.8 Å². The van der Waals surface area contributed by atoms with Crippen molar-refractivity contribution in [1.29, 1.82) is 0 Å². The molecular weight excluding hydrogens is 288 g/mol. The van der Waals surface area contributed by atoms with Gasteiger partial charge in [-0.1, -0.05) is 0 Å². The van der Waals surface area contributed by atoms with Gasteiger partial charge in [0.2, 0.25) is 15.9 Å². The minimum atomic E-state index is -3.60. The molecule has 0 aliphatic carbocycles. The summed E-state index contributed by atoms with van der Waals surface area (Å²) in [6, 6.07) is 4.71. The lowest BCUT2D eigenvalue weighted by Crippen LogP contribution is -2.29. The lowest BCUT2D eigenvalue weighted by molar-refractivity contribution is -0.115. The van der Waals surface area contributed by atoms with E-state index in [-0.39, 0.29) is 11.5 Å². The first-order chi connectivity index (χ1) is 8.85. The smallest absolute Gasteiger partial charge is 0.264 e. The molecule has 2 amide bonds. The van der Waals surface area contributed by atoms with Crippen molar-refractivity contribution in [2.45, 2.75) is 11.3 Å². The zero-order valence-electron chi connectivity index (χ0n) is 10.1. The normalized spacial score (nSPS) is 15.1. The molecule has 0 spiro atoms. The zero-order chi connectivity index (χ0) is 14.0. The van der Waals surface area contributed by atoms with Crippen LogP contribution in [0.4, 0.5) is 5.69 Å². The Balaban J connectivity index is 2.30. The number of benzene rings is 1. The van der Waals surface area contributed by atoms with Crippen LogP contribution in [-0.2, 0) is 14.8 Å². The summed E-state index contributed by atoms with van der Waals surface area (Å²) in [5, 5.41) is 2.69. The summed E-state index contributed by atoms with van der Waals surface area (Å²) in [5.41, 5.74) is 0.723. The number of rotatable bonds is 2. The van der Waals surface area contributed by atoms with Crippen molar-refractivity contribution in [2.75, 3.05) is 17.3 Å². The minimum Gasteiger partial charge on any atom is -0.325 e. The van der Waals surface area contributed by atoms with E-state index < -0.39 is 15.9 Å². The van der Waals surface area contributed by atoms with E-state index in [1.807, 2.05) is 4.72 Å². The molecule has 102 valence electrons. The van der Waals surface area contributed by atoms with Crippen LogP contribution in [0, 0.1) is 0 Å². The van der Waals surface area contributed by atoms with E-state index in [9.17, 15) is 18.0 Å². The lowest BCUT2D eigenvalue weighted by atomic mass is 10.2. The molecule has 0 radical (unpaired) electrons. The van der Waals surface area contributed by atoms with Crippen LogP contribution in [0.5, 0.6) is 0 Å². The highest BCUT2D eigenvalue weighted by Gasteiger charge is 2.17. The molecule has 8 heteroatoms. The van der Waals surface area contributed by atoms with Crippen LogP contribution >= 0.6 is 11.8 Å². The molecule has 2 N–H and O–H groups in total. The predicted molar refractivity (Wildman–Crippen MR) is 72.7 cm³/mol. The molecule has 19 heavy (non-hydrogen) atoms. The van der Waals surface area contributed by atoms with E-state index >= 15 is 0 Å². The third-order valence-electron chi connectivity index (χ3n) is 2.38. The second-order valence-electron chi connectivity index (χ2n) is 4.06. The Morgan fingerprint density at radius 2 is 2.16 bits per heavy atom. The molecule has 0 unspecified atom stereocenters. The van der Waals surface area contributed by atoms with Crippen molar-refractivity contribution in [2.24, 2.45) is 0 Å². The van der Waals surface area contributed by atoms with Gasteiger partial charge >= 0.3 is 0 Å². The largest absolute Gasteiger partial charge is 0.325 e. The first-order valence-corrected chi connectivity index (χ1v) is 8.32. The topological polar surface area (TPSA) is 92.3 Å². The van der Waals surface area contributed by atoms with Gasteiger partial charge in [-0.2, -0.15) is 0 Å². The van der Waals surface area contributed by atoms with E-state index in [0.29, 0.717) is 17.9 Å². The standard InChI is InChI=1S/C11H12N2O4S2/c1-19(16,17)13-11(15)7-2-3-9-8(6-7)12-10(14)4-5-18-9/h2-3,6H,4-5H2,1H3,(H,12,14)(H,13,15). The number of hydrogen-bond acceptors (Lipinski definition) is 5. The van der Waals surface area contributed by atoms with Crippen LogP contribution in [0.15, 0.2) is 23.1 Å². The molecule has 0 saturated heterocycles. The van der Waals surface area contributed by atoms with Crippen LogP contribution in [0.2, 0.25) is 0 Å². The first-order valence-electron chi connectivity index (χ1n) is 5.44. The number of nitrogens with one attached hydrogen (secondary N) is 2. The van der Waals surface area contributed by atoms with E-state index in [0.717, 1.165) is 11.2 Å². The second-order valence-corrected chi connectivity index (χ2v) is 6.95. The van der Waals surface area contributed by atoms with Crippen molar-refractivity contribution in [3.63, 3.8) is 0 Å². The van der Waals surface area contributed by atoms with Crippen molar-refractivity contribution in [3.8, 4) is 0 Å². The van der Waals surface area contributed by atoms with Crippen LogP contribution in [0.25, 0.3) is 0 Å². The number of anilines is 1. The van der Waals surface area contributed by atoms with E-state index in [1.54, 1.807) is 6.07 Å². The van der Waals surface area contributed by atoms with Gasteiger partial charge in [0, 0.05) is 22.6 Å². The first kappa shape index (κ1) is 13.9. The summed E-state index contributed by atoms with van der Waals surface area (Å²) in [4.78, 5) is 24.0. The van der Waals surface area contributed by atoms with Gasteiger partial charge in [-0.15, -0.1) is 11.8 Å². The molecule has 0 saturated carbocycles. The Morgan fingerprint density at radius 1 is 1.42 bits per heavy atom. The molecule has 0 fully saturated rings. The maximum absolute atomic E-state index is 11.7. The molecule has 1 aliphatic rings. The van der Waals surface area contributed by atoms with E-state index in [2.05, 4.69) is 5.32 Å².